The van der Waals surface area contributed by atoms with Gasteiger partial charge in [0.05, 0.1) is 34.3 Å². The number of amides is 1. The van der Waals surface area contributed by atoms with E-state index in [0.29, 0.717) is 37.0 Å². The van der Waals surface area contributed by atoms with E-state index in [4.69, 9.17) is 16.3 Å². The maximum atomic E-state index is 13.7. The molecule has 1 aliphatic heterocycles. The number of benzene rings is 2. The van der Waals surface area contributed by atoms with Crippen molar-refractivity contribution >= 4 is 62.9 Å². The molecule has 1 aliphatic rings. The lowest BCUT2D eigenvalue weighted by atomic mass is 9.95. The molecule has 0 spiro atoms. The second-order valence-electron chi connectivity index (χ2n) is 8.32. The molecule has 0 aliphatic carbocycles. The third-order valence-corrected chi connectivity index (χ3v) is 9.45. The predicted molar refractivity (Wildman–Crippen MR) is 150 cm³/mol. The number of thiazole rings is 1. The largest absolute Gasteiger partial charge is 0.503 e. The number of nitrogens with zero attached hydrogens (tertiary/aromatic N) is 4. The third kappa shape index (κ3) is 4.94. The predicted octanol–water partition coefficient (Wildman–Crippen LogP) is 6.35. The molecule has 1 atom stereocenters. The number of aliphatic hydroxyl groups excluding tert-OH is 1. The Hall–Kier alpha value is -3.25. The van der Waals surface area contributed by atoms with E-state index in [1.807, 2.05) is 24.3 Å². The van der Waals surface area contributed by atoms with Crippen LogP contribution in [-0.2, 0) is 10.5 Å². The van der Waals surface area contributed by atoms with Crippen LogP contribution in [0.15, 0.2) is 64.2 Å². The summed E-state index contributed by atoms with van der Waals surface area (Å²) in [7, 11) is 1.55. The van der Waals surface area contributed by atoms with Gasteiger partial charge in [-0.1, -0.05) is 65.0 Å². The van der Waals surface area contributed by atoms with E-state index in [0.717, 1.165) is 10.6 Å². The van der Waals surface area contributed by atoms with E-state index in [-0.39, 0.29) is 10.7 Å². The van der Waals surface area contributed by atoms with E-state index in [1.54, 1.807) is 45.2 Å². The Kier molecular flexibility index (Phi) is 7.53. The Morgan fingerprint density at radius 1 is 1.13 bits per heavy atom. The van der Waals surface area contributed by atoms with Gasteiger partial charge in [-0.05, 0) is 43.2 Å². The summed E-state index contributed by atoms with van der Waals surface area (Å²) in [5.74, 6) is -0.580. The lowest BCUT2D eigenvalue weighted by Gasteiger charge is -2.24. The highest BCUT2D eigenvalue weighted by Crippen LogP contribution is 2.45. The fraction of sp³-hybridized carbons (Fsp3) is 0.192. The molecular weight excluding hydrogens is 564 g/mol. The van der Waals surface area contributed by atoms with Gasteiger partial charge in [0.2, 0.25) is 10.9 Å². The number of halogens is 1. The Morgan fingerprint density at radius 2 is 1.87 bits per heavy atom. The summed E-state index contributed by atoms with van der Waals surface area (Å²) < 4.78 is 5.89. The topological polar surface area (TPSA) is 106 Å². The summed E-state index contributed by atoms with van der Waals surface area (Å²) in [4.78, 5) is 33.2. The normalized spacial score (nSPS) is 15.4. The zero-order valence-electron chi connectivity index (χ0n) is 20.5. The molecule has 5 rings (SSSR count). The van der Waals surface area contributed by atoms with Gasteiger partial charge >= 0.3 is 0 Å². The Bertz CT molecular complexity index is 1560. The van der Waals surface area contributed by atoms with Crippen LogP contribution in [0.4, 0.5) is 5.13 Å². The number of carbonyl (C=O) groups excluding carboxylic acids is 2. The van der Waals surface area contributed by atoms with Crippen LogP contribution in [0.5, 0.6) is 5.75 Å². The summed E-state index contributed by atoms with van der Waals surface area (Å²) in [6, 6.07) is 13.6. The molecular formula is C26H21ClN4O4S3. The molecule has 3 heterocycles. The van der Waals surface area contributed by atoms with Crippen LogP contribution in [-0.4, -0.2) is 39.1 Å². The highest BCUT2D eigenvalue weighted by molar-refractivity contribution is 8.00. The minimum Gasteiger partial charge on any atom is -0.503 e. The first kappa shape index (κ1) is 26.4. The third-order valence-electron chi connectivity index (χ3n) is 5.90. The number of hydrogen-bond acceptors (Lipinski definition) is 10. The van der Waals surface area contributed by atoms with Crippen LogP contribution in [0.3, 0.4) is 0 Å². The van der Waals surface area contributed by atoms with Crippen LogP contribution in [0.25, 0.3) is 0 Å². The molecule has 0 bridgehead atoms. The Labute approximate surface area is 236 Å². The summed E-state index contributed by atoms with van der Waals surface area (Å²) in [6.07, 6.45) is 0. The van der Waals surface area contributed by atoms with E-state index in [9.17, 15) is 14.7 Å². The van der Waals surface area contributed by atoms with Crippen molar-refractivity contribution in [1.82, 2.24) is 15.2 Å². The van der Waals surface area contributed by atoms with Gasteiger partial charge < -0.3 is 9.84 Å². The minimum atomic E-state index is -0.905. The van der Waals surface area contributed by atoms with Crippen molar-refractivity contribution in [2.75, 3.05) is 12.0 Å². The average Bonchev–Trinajstić information content (AvgIpc) is 3.59. The SMILES string of the molecule is COc1ccc(C2C(C(=O)c3sc(C)nc3C)=C(O)C(=O)N2c2nnc(SCc3ccccc3Cl)s2)cc1. The van der Waals surface area contributed by atoms with Gasteiger partial charge in [0.25, 0.3) is 5.91 Å². The molecule has 0 saturated carbocycles. The number of carbonyl (C=O) groups is 2. The number of aryl methyl sites for hydroxylation is 2. The highest BCUT2D eigenvalue weighted by Gasteiger charge is 2.46. The summed E-state index contributed by atoms with van der Waals surface area (Å²) in [6.45, 7) is 3.54. The molecule has 1 amide bonds. The summed E-state index contributed by atoms with van der Waals surface area (Å²) >= 11 is 10.1. The first-order chi connectivity index (χ1) is 18.3. The molecule has 1 N–H and O–H groups in total. The van der Waals surface area contributed by atoms with Crippen molar-refractivity contribution in [3.05, 3.63) is 91.6 Å². The number of thioether (sulfide) groups is 1. The van der Waals surface area contributed by atoms with Gasteiger partial charge in [0.15, 0.2) is 10.1 Å². The molecule has 0 saturated heterocycles. The van der Waals surface area contributed by atoms with Crippen LogP contribution in [0, 0.1) is 13.8 Å². The summed E-state index contributed by atoms with van der Waals surface area (Å²) in [5, 5.41) is 21.1. The number of rotatable bonds is 8. The van der Waals surface area contributed by atoms with Crippen molar-refractivity contribution < 1.29 is 19.4 Å². The number of Topliss-reactive ketones (excluding diaryl/α,β-unsaturated/α-hetero) is 1. The molecule has 8 nitrogen and oxygen atoms in total. The average molecular weight is 585 g/mol. The van der Waals surface area contributed by atoms with Crippen LogP contribution < -0.4 is 9.64 Å². The van der Waals surface area contributed by atoms with Crippen molar-refractivity contribution in [1.29, 1.82) is 0 Å². The molecule has 2 aromatic heterocycles. The van der Waals surface area contributed by atoms with Gasteiger partial charge in [-0.3, -0.25) is 14.5 Å². The second-order valence-corrected chi connectivity index (χ2v) is 12.1. The molecule has 0 fully saturated rings. The maximum absolute atomic E-state index is 13.7. The van der Waals surface area contributed by atoms with E-state index < -0.39 is 23.5 Å². The van der Waals surface area contributed by atoms with Gasteiger partial charge in [-0.15, -0.1) is 21.5 Å². The monoisotopic (exact) mass is 584 g/mol. The molecule has 1 unspecified atom stereocenters. The smallest absolute Gasteiger partial charge is 0.296 e. The van der Waals surface area contributed by atoms with Crippen molar-refractivity contribution in [2.24, 2.45) is 0 Å². The molecule has 2 aromatic carbocycles. The van der Waals surface area contributed by atoms with Crippen molar-refractivity contribution in [3.8, 4) is 5.75 Å². The highest BCUT2D eigenvalue weighted by atomic mass is 35.5. The maximum Gasteiger partial charge on any atom is 0.296 e. The van der Waals surface area contributed by atoms with Crippen LogP contribution >= 0.6 is 46.0 Å². The zero-order valence-corrected chi connectivity index (χ0v) is 23.7. The molecule has 0 radical (unpaired) electrons. The first-order valence-corrected chi connectivity index (χ1v) is 14.4. The number of hydrogen-bond donors (Lipinski definition) is 1. The van der Waals surface area contributed by atoms with Crippen LogP contribution in [0.2, 0.25) is 5.02 Å². The van der Waals surface area contributed by atoms with Gasteiger partial charge in [0, 0.05) is 10.8 Å². The Balaban J connectivity index is 1.52. The second kappa shape index (κ2) is 10.9. The molecule has 38 heavy (non-hydrogen) atoms. The van der Waals surface area contributed by atoms with Gasteiger partial charge in [-0.2, -0.15) is 0 Å². The fourth-order valence-electron chi connectivity index (χ4n) is 4.11. The zero-order chi connectivity index (χ0) is 27.0. The van der Waals surface area contributed by atoms with E-state index in [1.165, 1.54) is 39.3 Å². The number of ether oxygens (including phenoxy) is 1. The van der Waals surface area contributed by atoms with E-state index >= 15 is 0 Å². The van der Waals surface area contributed by atoms with Gasteiger partial charge in [0.1, 0.15) is 5.75 Å². The Morgan fingerprint density at radius 3 is 2.53 bits per heavy atom. The first-order valence-electron chi connectivity index (χ1n) is 11.4. The summed E-state index contributed by atoms with van der Waals surface area (Å²) in [5.41, 5.74) is 2.09. The standard InChI is InChI=1S/C26H21ClN4O4S3/c1-13-23(37-14(2)28-13)21(32)19-20(15-8-10-17(35-3)11-9-15)31(24(34)22(19)33)25-29-30-26(38-25)36-12-16-6-4-5-7-18(16)27/h4-11,20,33H,12H2,1-3H3. The van der Waals surface area contributed by atoms with Gasteiger partial charge in [-0.25, -0.2) is 4.98 Å². The number of methoxy groups -OCH3 is 1. The molecule has 4 aromatic rings. The lowest BCUT2D eigenvalue weighted by Crippen LogP contribution is -2.31. The van der Waals surface area contributed by atoms with Crippen LogP contribution in [0.1, 0.15) is 37.5 Å². The quantitative estimate of drug-likeness (QED) is 0.145. The number of aliphatic hydroxyl groups is 1. The van der Waals surface area contributed by atoms with E-state index in [2.05, 4.69) is 15.2 Å². The lowest BCUT2D eigenvalue weighted by molar-refractivity contribution is -0.117. The molecule has 194 valence electrons. The number of anilines is 1. The molecule has 12 heteroatoms. The minimum absolute atomic E-state index is 0.0209. The fourth-order valence-corrected chi connectivity index (χ4v) is 7.14. The number of ketones is 1. The van der Waals surface area contributed by atoms with Crippen molar-refractivity contribution in [2.45, 2.75) is 30.0 Å². The van der Waals surface area contributed by atoms with Crippen molar-refractivity contribution in [3.63, 3.8) is 0 Å². The number of aromatic nitrogens is 3.